The van der Waals surface area contributed by atoms with E-state index in [1.165, 1.54) is 6.20 Å². The normalized spacial score (nSPS) is 18.5. The molecule has 6 heterocycles. The number of aromatic nitrogens is 2. The summed E-state index contributed by atoms with van der Waals surface area (Å²) < 4.78 is 10.5. The van der Waals surface area contributed by atoms with Crippen LogP contribution in [0, 0.1) is 6.92 Å². The van der Waals surface area contributed by atoms with E-state index >= 15 is 0 Å². The number of ether oxygens (including phenoxy) is 2. The van der Waals surface area contributed by atoms with Gasteiger partial charge in [-0.1, -0.05) is 12.1 Å². The SMILES string of the molecule is CC1(C)C(=O)N(C2COC2)c2cc(NC(=O)c3cccnc3)ccc21.Cc1cc(C(=O)Nc2ccc3c(c2)N(C2COC2)C(=O)C3(C)C)ccn1. The molecule has 262 valence electrons. The summed E-state index contributed by atoms with van der Waals surface area (Å²) in [6.07, 6.45) is 4.76. The Kier molecular flexibility index (Phi) is 8.68. The third-order valence-corrected chi connectivity index (χ3v) is 9.94. The number of benzene rings is 2. The lowest BCUT2D eigenvalue weighted by atomic mass is 9.86. The Morgan fingerprint density at radius 1 is 0.706 bits per heavy atom. The molecule has 8 rings (SSSR count). The lowest BCUT2D eigenvalue weighted by molar-refractivity contribution is -0.125. The zero-order valence-electron chi connectivity index (χ0n) is 29.2. The maximum absolute atomic E-state index is 12.9. The van der Waals surface area contributed by atoms with E-state index in [0.29, 0.717) is 48.9 Å². The average molecular weight is 689 g/mol. The number of hydrogen-bond donors (Lipinski definition) is 2. The van der Waals surface area contributed by atoms with Gasteiger partial charge in [0.05, 0.1) is 66.3 Å². The second kappa shape index (κ2) is 13.0. The van der Waals surface area contributed by atoms with Gasteiger partial charge in [0.25, 0.3) is 11.8 Å². The molecule has 0 bridgehead atoms. The minimum atomic E-state index is -0.574. The van der Waals surface area contributed by atoms with Crippen LogP contribution in [0.2, 0.25) is 0 Å². The number of amides is 4. The Hall–Kier alpha value is -5.46. The molecule has 2 N–H and O–H groups in total. The molecule has 2 fully saturated rings. The molecular weight excluding hydrogens is 648 g/mol. The van der Waals surface area contributed by atoms with Crippen molar-refractivity contribution in [3.05, 3.63) is 107 Å². The summed E-state index contributed by atoms with van der Waals surface area (Å²) in [7, 11) is 0. The van der Waals surface area contributed by atoms with Crippen molar-refractivity contribution in [3.8, 4) is 0 Å². The van der Waals surface area contributed by atoms with Gasteiger partial charge in [0.2, 0.25) is 11.8 Å². The quantitative estimate of drug-likeness (QED) is 0.288. The highest BCUT2D eigenvalue weighted by molar-refractivity contribution is 6.11. The summed E-state index contributed by atoms with van der Waals surface area (Å²) in [6, 6.07) is 18.3. The molecule has 12 heteroatoms. The van der Waals surface area contributed by atoms with E-state index in [1.54, 1.807) is 36.7 Å². The Labute approximate surface area is 296 Å². The number of nitrogens with zero attached hydrogens (tertiary/aromatic N) is 4. The van der Waals surface area contributed by atoms with Crippen LogP contribution < -0.4 is 20.4 Å². The van der Waals surface area contributed by atoms with E-state index in [1.807, 2.05) is 80.8 Å². The molecule has 0 atom stereocenters. The molecule has 2 aromatic heterocycles. The van der Waals surface area contributed by atoms with E-state index in [2.05, 4.69) is 20.6 Å². The zero-order valence-corrected chi connectivity index (χ0v) is 29.2. The van der Waals surface area contributed by atoms with Crippen molar-refractivity contribution in [2.75, 3.05) is 46.9 Å². The van der Waals surface area contributed by atoms with Crippen molar-refractivity contribution in [1.29, 1.82) is 0 Å². The molecule has 12 nitrogen and oxygen atoms in total. The smallest absolute Gasteiger partial charge is 0.257 e. The number of pyridine rings is 2. The average Bonchev–Trinajstić information content (AvgIpc) is 3.37. The molecule has 0 unspecified atom stereocenters. The van der Waals surface area contributed by atoms with Crippen molar-refractivity contribution in [1.82, 2.24) is 9.97 Å². The van der Waals surface area contributed by atoms with Crippen LogP contribution >= 0.6 is 0 Å². The first kappa shape index (κ1) is 34.0. The van der Waals surface area contributed by atoms with Gasteiger partial charge in [0, 0.05) is 41.2 Å². The van der Waals surface area contributed by atoms with Crippen LogP contribution in [0.5, 0.6) is 0 Å². The fourth-order valence-corrected chi connectivity index (χ4v) is 6.79. The van der Waals surface area contributed by atoms with Crippen molar-refractivity contribution >= 4 is 46.4 Å². The number of carbonyl (C=O) groups is 4. The van der Waals surface area contributed by atoms with Gasteiger partial charge in [-0.05, 0) is 94.3 Å². The number of anilines is 4. The lowest BCUT2D eigenvalue weighted by Gasteiger charge is -2.35. The van der Waals surface area contributed by atoms with Crippen molar-refractivity contribution in [2.45, 2.75) is 57.5 Å². The number of hydrogen-bond acceptors (Lipinski definition) is 8. The first-order valence-corrected chi connectivity index (χ1v) is 16.9. The molecular formula is C39H40N6O6. The molecule has 0 spiro atoms. The number of carbonyl (C=O) groups excluding carboxylic acids is 4. The summed E-state index contributed by atoms with van der Waals surface area (Å²) in [4.78, 5) is 62.3. The Morgan fingerprint density at radius 3 is 1.65 bits per heavy atom. The molecule has 0 radical (unpaired) electrons. The Balaban J connectivity index is 0.000000159. The predicted molar refractivity (Wildman–Crippen MR) is 192 cm³/mol. The zero-order chi connectivity index (χ0) is 36.1. The Morgan fingerprint density at radius 2 is 1.22 bits per heavy atom. The van der Waals surface area contributed by atoms with Crippen molar-refractivity contribution in [2.24, 2.45) is 0 Å². The second-order valence-electron chi connectivity index (χ2n) is 14.3. The van der Waals surface area contributed by atoms with Gasteiger partial charge in [0.15, 0.2) is 0 Å². The molecule has 4 amide bonds. The van der Waals surface area contributed by atoms with Crippen LogP contribution in [0.4, 0.5) is 22.7 Å². The van der Waals surface area contributed by atoms with Crippen molar-refractivity contribution < 1.29 is 28.7 Å². The highest BCUT2D eigenvalue weighted by Crippen LogP contribution is 2.46. The van der Waals surface area contributed by atoms with Crippen molar-refractivity contribution in [3.63, 3.8) is 0 Å². The minimum Gasteiger partial charge on any atom is -0.377 e. The van der Waals surface area contributed by atoms with Gasteiger partial charge in [-0.15, -0.1) is 0 Å². The highest BCUT2D eigenvalue weighted by Gasteiger charge is 2.49. The second-order valence-corrected chi connectivity index (χ2v) is 14.3. The van der Waals surface area contributed by atoms with Crippen LogP contribution in [-0.2, 0) is 29.9 Å². The summed E-state index contributed by atoms with van der Waals surface area (Å²) in [5, 5.41) is 5.79. The third-order valence-electron chi connectivity index (χ3n) is 9.94. The fraction of sp³-hybridized carbons (Fsp3) is 0.333. The maximum atomic E-state index is 12.9. The lowest BCUT2D eigenvalue weighted by Crippen LogP contribution is -2.52. The predicted octanol–water partition coefficient (Wildman–Crippen LogP) is 5.02. The highest BCUT2D eigenvalue weighted by atomic mass is 16.5. The molecule has 51 heavy (non-hydrogen) atoms. The number of fused-ring (bicyclic) bond motifs is 2. The van der Waals surface area contributed by atoms with Gasteiger partial charge in [-0.25, -0.2) is 0 Å². The number of nitrogens with one attached hydrogen (secondary N) is 2. The van der Waals surface area contributed by atoms with Gasteiger partial charge in [-0.3, -0.25) is 29.1 Å². The molecule has 2 saturated heterocycles. The van der Waals surface area contributed by atoms with Crippen LogP contribution in [0.1, 0.15) is 65.2 Å². The molecule has 0 saturated carbocycles. The Bertz CT molecular complexity index is 2040. The number of rotatable bonds is 6. The van der Waals surface area contributed by atoms with Crippen LogP contribution in [-0.4, -0.2) is 72.1 Å². The topological polar surface area (TPSA) is 143 Å². The minimum absolute atomic E-state index is 0.0665. The standard InChI is InChI=1S/C20H21N3O3.C19H19N3O3/c1-12-8-13(6-7-21-12)18(24)22-14-4-5-16-17(9-14)23(15-10-26-11-15)19(25)20(16,2)3;1-19(2)15-6-5-13(21-17(23)12-4-3-7-20-9-12)8-16(15)22(18(19)24)14-10-25-11-14/h4-9,15H,10-11H2,1-3H3,(H,22,24);3-9,14H,10-11H2,1-2H3,(H,21,23). The maximum Gasteiger partial charge on any atom is 0.257 e. The molecule has 0 aliphatic carbocycles. The van der Waals surface area contributed by atoms with E-state index in [-0.39, 0.29) is 35.7 Å². The van der Waals surface area contributed by atoms with Crippen LogP contribution in [0.25, 0.3) is 0 Å². The van der Waals surface area contributed by atoms with Gasteiger partial charge in [-0.2, -0.15) is 0 Å². The summed E-state index contributed by atoms with van der Waals surface area (Å²) >= 11 is 0. The van der Waals surface area contributed by atoms with E-state index in [4.69, 9.17) is 9.47 Å². The van der Waals surface area contributed by atoms with Crippen LogP contribution in [0.3, 0.4) is 0 Å². The summed E-state index contributed by atoms with van der Waals surface area (Å²) in [6.45, 7) is 11.8. The molecule has 4 aliphatic rings. The van der Waals surface area contributed by atoms with E-state index < -0.39 is 10.8 Å². The first-order valence-electron chi connectivity index (χ1n) is 16.9. The third kappa shape index (κ3) is 6.14. The van der Waals surface area contributed by atoms with E-state index in [9.17, 15) is 19.2 Å². The summed E-state index contributed by atoms with van der Waals surface area (Å²) in [5.41, 5.74) is 5.67. The largest absolute Gasteiger partial charge is 0.377 e. The fourth-order valence-electron chi connectivity index (χ4n) is 6.79. The molecule has 2 aromatic carbocycles. The number of aryl methyl sites for hydroxylation is 1. The van der Waals surface area contributed by atoms with Gasteiger partial charge >= 0.3 is 0 Å². The van der Waals surface area contributed by atoms with Crippen LogP contribution in [0.15, 0.2) is 79.3 Å². The van der Waals surface area contributed by atoms with Gasteiger partial charge in [0.1, 0.15) is 0 Å². The molecule has 4 aliphatic heterocycles. The monoisotopic (exact) mass is 688 g/mol. The first-order chi connectivity index (χ1) is 24.4. The van der Waals surface area contributed by atoms with Gasteiger partial charge < -0.3 is 29.9 Å². The van der Waals surface area contributed by atoms with E-state index in [0.717, 1.165) is 28.2 Å². The molecule has 4 aromatic rings. The summed E-state index contributed by atoms with van der Waals surface area (Å²) in [5.74, 6) is -0.270.